The molecule has 3 rings (SSSR count). The SMILES string of the molecule is CC(C)(C)OC(=O)NCC1CCN(CCN2C(=O)c3ccccc3C2=O)C1.O=C(O)C(=O)O. The topological polar surface area (TPSA) is 154 Å². The van der Waals surface area contributed by atoms with Crippen molar-refractivity contribution < 1.29 is 38.9 Å². The Morgan fingerprint density at radius 3 is 2.06 bits per heavy atom. The van der Waals surface area contributed by atoms with E-state index < -0.39 is 23.6 Å². The molecule has 1 saturated heterocycles. The van der Waals surface area contributed by atoms with Crippen LogP contribution in [-0.2, 0) is 14.3 Å². The monoisotopic (exact) mass is 463 g/mol. The zero-order valence-corrected chi connectivity index (χ0v) is 18.9. The summed E-state index contributed by atoms with van der Waals surface area (Å²) in [4.78, 5) is 58.3. The Hall–Kier alpha value is -3.47. The second-order valence-electron chi connectivity index (χ2n) is 8.76. The molecule has 1 aromatic rings. The lowest BCUT2D eigenvalue weighted by molar-refractivity contribution is -0.159. The van der Waals surface area contributed by atoms with Crippen LogP contribution in [0.4, 0.5) is 4.79 Å². The van der Waals surface area contributed by atoms with Crippen molar-refractivity contribution in [2.75, 3.05) is 32.7 Å². The normalized spacial score (nSPS) is 17.8. The molecule has 0 spiro atoms. The number of carbonyl (C=O) groups excluding carboxylic acids is 3. The van der Waals surface area contributed by atoms with Gasteiger partial charge in [0.05, 0.1) is 11.1 Å². The third-order valence-electron chi connectivity index (χ3n) is 5.00. The van der Waals surface area contributed by atoms with Crippen LogP contribution in [0.15, 0.2) is 24.3 Å². The molecule has 0 aliphatic carbocycles. The van der Waals surface area contributed by atoms with Gasteiger partial charge in [-0.2, -0.15) is 0 Å². The van der Waals surface area contributed by atoms with Gasteiger partial charge in [-0.05, 0) is 51.8 Å². The number of imide groups is 1. The quantitative estimate of drug-likeness (QED) is 0.433. The van der Waals surface area contributed by atoms with Crippen molar-refractivity contribution in [1.29, 1.82) is 0 Å². The van der Waals surface area contributed by atoms with Gasteiger partial charge in [0.2, 0.25) is 0 Å². The van der Waals surface area contributed by atoms with Crippen molar-refractivity contribution in [3.8, 4) is 0 Å². The molecule has 11 nitrogen and oxygen atoms in total. The number of carboxylic acids is 2. The van der Waals surface area contributed by atoms with E-state index in [-0.39, 0.29) is 11.8 Å². The standard InChI is InChI=1S/C20H27N3O4.C2H2O4/c1-20(2,3)27-19(26)21-12-14-8-9-22(13-14)10-11-23-17(24)15-6-4-5-7-16(15)18(23)25;3-1(4)2(5)6/h4-7,14H,8-13H2,1-3H3,(H,21,26);(H,3,4)(H,5,6). The van der Waals surface area contributed by atoms with Crippen LogP contribution in [0.1, 0.15) is 47.9 Å². The fourth-order valence-electron chi connectivity index (χ4n) is 3.51. The summed E-state index contributed by atoms with van der Waals surface area (Å²) in [6, 6.07) is 6.94. The Kier molecular flexibility index (Phi) is 8.52. The van der Waals surface area contributed by atoms with Crippen LogP contribution >= 0.6 is 0 Å². The van der Waals surface area contributed by atoms with E-state index in [1.807, 2.05) is 20.8 Å². The van der Waals surface area contributed by atoms with E-state index in [1.165, 1.54) is 4.90 Å². The predicted molar refractivity (Wildman–Crippen MR) is 116 cm³/mol. The van der Waals surface area contributed by atoms with Crippen molar-refractivity contribution in [3.05, 3.63) is 35.4 Å². The number of likely N-dealkylation sites (tertiary alicyclic amines) is 1. The highest BCUT2D eigenvalue weighted by molar-refractivity contribution is 6.27. The Morgan fingerprint density at radius 2 is 1.58 bits per heavy atom. The first-order chi connectivity index (χ1) is 15.4. The number of nitrogens with one attached hydrogen (secondary N) is 1. The number of amides is 3. The highest BCUT2D eigenvalue weighted by atomic mass is 16.6. The third-order valence-corrected chi connectivity index (χ3v) is 5.00. The molecule has 2 aliphatic heterocycles. The summed E-state index contributed by atoms with van der Waals surface area (Å²) in [5, 5.41) is 17.6. The van der Waals surface area contributed by atoms with E-state index in [9.17, 15) is 14.4 Å². The fourth-order valence-corrected chi connectivity index (χ4v) is 3.51. The summed E-state index contributed by atoms with van der Waals surface area (Å²) in [7, 11) is 0. The number of hydrogen-bond donors (Lipinski definition) is 3. The van der Waals surface area contributed by atoms with Crippen LogP contribution in [0.3, 0.4) is 0 Å². The average Bonchev–Trinajstić information content (AvgIpc) is 3.27. The summed E-state index contributed by atoms with van der Waals surface area (Å²) in [6.45, 7) is 8.84. The zero-order valence-electron chi connectivity index (χ0n) is 18.9. The minimum atomic E-state index is -1.82. The van der Waals surface area contributed by atoms with E-state index >= 15 is 0 Å². The van der Waals surface area contributed by atoms with E-state index in [1.54, 1.807) is 24.3 Å². The van der Waals surface area contributed by atoms with Crippen molar-refractivity contribution in [1.82, 2.24) is 15.1 Å². The summed E-state index contributed by atoms with van der Waals surface area (Å²) in [5.74, 6) is -3.72. The van der Waals surface area contributed by atoms with Crippen molar-refractivity contribution >= 4 is 29.8 Å². The highest BCUT2D eigenvalue weighted by Gasteiger charge is 2.35. The van der Waals surface area contributed by atoms with Crippen molar-refractivity contribution in [2.45, 2.75) is 32.8 Å². The first-order valence-electron chi connectivity index (χ1n) is 10.5. The lowest BCUT2D eigenvalue weighted by Crippen LogP contribution is -2.38. The molecule has 0 radical (unpaired) electrons. The molecule has 0 saturated carbocycles. The molecule has 3 N–H and O–H groups in total. The predicted octanol–water partition coefficient (Wildman–Crippen LogP) is 1.28. The lowest BCUT2D eigenvalue weighted by atomic mass is 10.1. The molecule has 33 heavy (non-hydrogen) atoms. The number of rotatable bonds is 5. The number of fused-ring (bicyclic) bond motifs is 1. The smallest absolute Gasteiger partial charge is 0.414 e. The summed E-state index contributed by atoms with van der Waals surface area (Å²) < 4.78 is 5.25. The number of hydrogen-bond acceptors (Lipinski definition) is 7. The molecule has 1 aromatic carbocycles. The zero-order chi connectivity index (χ0) is 24.8. The Bertz CT molecular complexity index is 877. The number of aliphatic carboxylic acids is 2. The minimum Gasteiger partial charge on any atom is -0.473 e. The Balaban J connectivity index is 0.000000569. The van der Waals surface area contributed by atoms with Gasteiger partial charge in [-0.15, -0.1) is 0 Å². The van der Waals surface area contributed by atoms with Crippen molar-refractivity contribution in [2.24, 2.45) is 5.92 Å². The van der Waals surface area contributed by atoms with Gasteiger partial charge in [0.25, 0.3) is 11.8 Å². The summed E-state index contributed by atoms with van der Waals surface area (Å²) >= 11 is 0. The molecule has 1 fully saturated rings. The number of ether oxygens (including phenoxy) is 1. The molecule has 0 aromatic heterocycles. The Labute approximate surface area is 191 Å². The fraction of sp³-hybridized carbons (Fsp3) is 0.500. The van der Waals surface area contributed by atoms with E-state index in [4.69, 9.17) is 24.5 Å². The average molecular weight is 463 g/mol. The molecule has 1 unspecified atom stereocenters. The molecule has 1 atom stereocenters. The van der Waals surface area contributed by atoms with Gasteiger partial charge in [0, 0.05) is 26.2 Å². The van der Waals surface area contributed by atoms with Crippen LogP contribution < -0.4 is 5.32 Å². The molecule has 180 valence electrons. The van der Waals surface area contributed by atoms with Gasteiger partial charge >= 0.3 is 18.0 Å². The molecule has 0 bridgehead atoms. The minimum absolute atomic E-state index is 0.210. The van der Waals surface area contributed by atoms with Crippen LogP contribution in [0.2, 0.25) is 0 Å². The largest absolute Gasteiger partial charge is 0.473 e. The van der Waals surface area contributed by atoms with Gasteiger partial charge in [0.1, 0.15) is 5.60 Å². The molecule has 2 aliphatic rings. The van der Waals surface area contributed by atoms with Crippen molar-refractivity contribution in [3.63, 3.8) is 0 Å². The van der Waals surface area contributed by atoms with Crippen LogP contribution in [0.5, 0.6) is 0 Å². The maximum atomic E-state index is 12.4. The highest BCUT2D eigenvalue weighted by Crippen LogP contribution is 2.23. The maximum absolute atomic E-state index is 12.4. The van der Waals surface area contributed by atoms with E-state index in [0.29, 0.717) is 36.7 Å². The number of carbonyl (C=O) groups is 5. The van der Waals surface area contributed by atoms with Gasteiger partial charge < -0.3 is 25.2 Å². The van der Waals surface area contributed by atoms with E-state index in [0.717, 1.165) is 19.5 Å². The first-order valence-corrected chi connectivity index (χ1v) is 10.5. The number of alkyl carbamates (subject to hydrolysis) is 1. The third kappa shape index (κ3) is 7.56. The number of nitrogens with zero attached hydrogens (tertiary/aromatic N) is 2. The van der Waals surface area contributed by atoms with Gasteiger partial charge in [-0.1, -0.05) is 12.1 Å². The van der Waals surface area contributed by atoms with Gasteiger partial charge in [-0.3, -0.25) is 14.5 Å². The van der Waals surface area contributed by atoms with Crippen LogP contribution in [0, 0.1) is 5.92 Å². The van der Waals surface area contributed by atoms with Crippen LogP contribution in [0.25, 0.3) is 0 Å². The second-order valence-corrected chi connectivity index (χ2v) is 8.76. The number of carboxylic acid groups (broad SMARTS) is 2. The molecular weight excluding hydrogens is 434 g/mol. The molecule has 3 amide bonds. The number of benzene rings is 1. The second kappa shape index (κ2) is 10.9. The molecule has 2 heterocycles. The molecular formula is C22H29N3O8. The van der Waals surface area contributed by atoms with Gasteiger partial charge in [0.15, 0.2) is 0 Å². The summed E-state index contributed by atoms with van der Waals surface area (Å²) in [5.41, 5.74) is 0.477. The lowest BCUT2D eigenvalue weighted by Gasteiger charge is -2.21. The van der Waals surface area contributed by atoms with Crippen LogP contribution in [-0.4, -0.2) is 88.2 Å². The maximum Gasteiger partial charge on any atom is 0.414 e. The molecule has 11 heteroatoms. The van der Waals surface area contributed by atoms with Gasteiger partial charge in [-0.25, -0.2) is 14.4 Å². The van der Waals surface area contributed by atoms with E-state index in [2.05, 4.69) is 10.2 Å². The first kappa shape index (κ1) is 25.8. The summed E-state index contributed by atoms with van der Waals surface area (Å²) in [6.07, 6.45) is 0.574. The Morgan fingerprint density at radius 1 is 1.03 bits per heavy atom.